The molecule has 2 rings (SSSR count). The highest BCUT2D eigenvalue weighted by Crippen LogP contribution is 2.26. The number of carbonyl (C=O) groups is 1. The maximum Gasteiger partial charge on any atom is 0.310 e. The summed E-state index contributed by atoms with van der Waals surface area (Å²) in [7, 11) is 1.37. The minimum atomic E-state index is -0.839. The topological polar surface area (TPSA) is 29.5 Å². The Labute approximate surface area is 111 Å². The number of hydrogen-bond acceptors (Lipinski definition) is 3. The number of hydrogen-bond donors (Lipinski definition) is 0. The molecular formula is C14H17F2NO2. The second kappa shape index (κ2) is 5.65. The third-order valence-corrected chi connectivity index (χ3v) is 3.62. The van der Waals surface area contributed by atoms with E-state index < -0.39 is 11.6 Å². The van der Waals surface area contributed by atoms with Gasteiger partial charge in [0.2, 0.25) is 0 Å². The van der Waals surface area contributed by atoms with Crippen molar-refractivity contribution in [3.63, 3.8) is 0 Å². The molecule has 5 heteroatoms. The van der Waals surface area contributed by atoms with Crippen LogP contribution in [0.25, 0.3) is 0 Å². The fourth-order valence-electron chi connectivity index (χ4n) is 2.57. The first kappa shape index (κ1) is 13.9. The first-order chi connectivity index (χ1) is 9.02. The fourth-order valence-corrected chi connectivity index (χ4v) is 2.57. The summed E-state index contributed by atoms with van der Waals surface area (Å²) in [4.78, 5) is 13.5. The lowest BCUT2D eigenvalue weighted by atomic mass is 9.99. The molecule has 0 radical (unpaired) electrons. The van der Waals surface area contributed by atoms with E-state index in [2.05, 4.69) is 0 Å². The van der Waals surface area contributed by atoms with Gasteiger partial charge in [-0.2, -0.15) is 0 Å². The molecule has 0 amide bonds. The van der Waals surface area contributed by atoms with Gasteiger partial charge in [-0.15, -0.1) is 0 Å². The molecule has 1 aromatic carbocycles. The largest absolute Gasteiger partial charge is 0.469 e. The molecule has 0 aliphatic carbocycles. The highest BCUT2D eigenvalue weighted by atomic mass is 19.2. The molecule has 2 atom stereocenters. The van der Waals surface area contributed by atoms with Crippen LogP contribution in [0.15, 0.2) is 18.2 Å². The first-order valence-corrected chi connectivity index (χ1v) is 6.26. The van der Waals surface area contributed by atoms with Gasteiger partial charge in [0.05, 0.1) is 13.0 Å². The van der Waals surface area contributed by atoms with Crippen LogP contribution in [-0.2, 0) is 16.1 Å². The minimum Gasteiger partial charge on any atom is -0.469 e. The Balaban J connectivity index is 2.05. The van der Waals surface area contributed by atoms with Crippen molar-refractivity contribution in [1.82, 2.24) is 4.90 Å². The van der Waals surface area contributed by atoms with Crippen LogP contribution in [0.5, 0.6) is 0 Å². The number of likely N-dealkylation sites (tertiary alicyclic amines) is 1. The molecule has 1 saturated heterocycles. The predicted molar refractivity (Wildman–Crippen MR) is 66.3 cm³/mol. The van der Waals surface area contributed by atoms with Crippen molar-refractivity contribution in [2.75, 3.05) is 20.2 Å². The number of benzene rings is 1. The minimum absolute atomic E-state index is 0.157. The number of methoxy groups -OCH3 is 1. The Hall–Kier alpha value is -1.49. The van der Waals surface area contributed by atoms with E-state index in [1.54, 1.807) is 6.07 Å². The molecular weight excluding hydrogens is 252 g/mol. The second-order valence-corrected chi connectivity index (χ2v) is 5.01. The molecule has 1 aromatic rings. The molecule has 0 saturated carbocycles. The fraction of sp³-hybridized carbons (Fsp3) is 0.500. The quantitative estimate of drug-likeness (QED) is 0.788. The summed E-state index contributed by atoms with van der Waals surface area (Å²) in [6, 6.07) is 4.16. The summed E-state index contributed by atoms with van der Waals surface area (Å²) >= 11 is 0. The molecule has 1 heterocycles. The Kier molecular flexibility index (Phi) is 4.14. The molecule has 3 nitrogen and oxygen atoms in total. The van der Waals surface area contributed by atoms with E-state index in [-0.39, 0.29) is 17.8 Å². The second-order valence-electron chi connectivity index (χ2n) is 5.01. The van der Waals surface area contributed by atoms with Gasteiger partial charge in [0, 0.05) is 25.2 Å². The normalized spacial score (nSPS) is 23.6. The number of rotatable bonds is 3. The standard InChI is InChI=1S/C14H17F2NO2/c1-9-6-17(8-11(9)14(18)19-2)7-10-4-3-5-12(15)13(10)16/h3-5,9,11H,6-8H2,1-2H3. The van der Waals surface area contributed by atoms with Crippen molar-refractivity contribution in [3.8, 4) is 0 Å². The zero-order chi connectivity index (χ0) is 14.0. The van der Waals surface area contributed by atoms with E-state index in [1.807, 2.05) is 11.8 Å². The summed E-state index contributed by atoms with van der Waals surface area (Å²) < 4.78 is 31.4. The molecule has 0 N–H and O–H groups in total. The van der Waals surface area contributed by atoms with Crippen LogP contribution >= 0.6 is 0 Å². The van der Waals surface area contributed by atoms with Gasteiger partial charge in [0.15, 0.2) is 11.6 Å². The SMILES string of the molecule is COC(=O)C1CN(Cc2cccc(F)c2F)CC1C. The summed E-state index contributed by atoms with van der Waals surface area (Å²) in [6.45, 7) is 3.46. The van der Waals surface area contributed by atoms with Crippen molar-refractivity contribution >= 4 is 5.97 Å². The van der Waals surface area contributed by atoms with Gasteiger partial charge in [0.1, 0.15) is 0 Å². The zero-order valence-corrected chi connectivity index (χ0v) is 11.0. The Morgan fingerprint density at radius 2 is 2.16 bits per heavy atom. The monoisotopic (exact) mass is 269 g/mol. The summed E-state index contributed by atoms with van der Waals surface area (Å²) in [6.07, 6.45) is 0. The molecule has 1 aliphatic rings. The van der Waals surface area contributed by atoms with Crippen LogP contribution in [0, 0.1) is 23.5 Å². The van der Waals surface area contributed by atoms with E-state index in [0.717, 1.165) is 6.07 Å². The van der Waals surface area contributed by atoms with Crippen molar-refractivity contribution in [2.24, 2.45) is 11.8 Å². The average molecular weight is 269 g/mol. The van der Waals surface area contributed by atoms with E-state index in [0.29, 0.717) is 25.2 Å². The Morgan fingerprint density at radius 1 is 1.42 bits per heavy atom. The Morgan fingerprint density at radius 3 is 2.84 bits per heavy atom. The van der Waals surface area contributed by atoms with E-state index in [4.69, 9.17) is 4.74 Å². The molecule has 0 aromatic heterocycles. The van der Waals surface area contributed by atoms with Crippen LogP contribution in [0.4, 0.5) is 8.78 Å². The van der Waals surface area contributed by atoms with E-state index in [9.17, 15) is 13.6 Å². The van der Waals surface area contributed by atoms with Crippen LogP contribution in [-0.4, -0.2) is 31.1 Å². The van der Waals surface area contributed by atoms with Gasteiger partial charge in [0.25, 0.3) is 0 Å². The lowest BCUT2D eigenvalue weighted by molar-refractivity contribution is -0.146. The smallest absolute Gasteiger partial charge is 0.310 e. The maximum absolute atomic E-state index is 13.6. The molecule has 19 heavy (non-hydrogen) atoms. The van der Waals surface area contributed by atoms with Crippen LogP contribution in [0.2, 0.25) is 0 Å². The Bertz CT molecular complexity index is 479. The van der Waals surface area contributed by atoms with Gasteiger partial charge < -0.3 is 4.74 Å². The summed E-state index contributed by atoms with van der Waals surface area (Å²) in [5.74, 6) is -1.92. The molecule has 1 aliphatic heterocycles. The van der Waals surface area contributed by atoms with Crippen LogP contribution in [0.1, 0.15) is 12.5 Å². The number of esters is 1. The third-order valence-electron chi connectivity index (χ3n) is 3.62. The number of carbonyl (C=O) groups excluding carboxylic acids is 1. The van der Waals surface area contributed by atoms with E-state index >= 15 is 0 Å². The lowest BCUT2D eigenvalue weighted by Crippen LogP contribution is -2.24. The van der Waals surface area contributed by atoms with Gasteiger partial charge in [-0.3, -0.25) is 9.69 Å². The summed E-state index contributed by atoms with van der Waals surface area (Å²) in [5.41, 5.74) is 0.317. The highest BCUT2D eigenvalue weighted by Gasteiger charge is 2.35. The van der Waals surface area contributed by atoms with Gasteiger partial charge in [-0.05, 0) is 12.0 Å². The summed E-state index contributed by atoms with van der Waals surface area (Å²) in [5, 5.41) is 0. The number of nitrogens with zero attached hydrogens (tertiary/aromatic N) is 1. The van der Waals surface area contributed by atoms with Crippen molar-refractivity contribution in [2.45, 2.75) is 13.5 Å². The third kappa shape index (κ3) is 2.92. The van der Waals surface area contributed by atoms with Crippen LogP contribution < -0.4 is 0 Å². The van der Waals surface area contributed by atoms with Gasteiger partial charge in [-0.25, -0.2) is 8.78 Å². The predicted octanol–water partition coefficient (Wildman–Crippen LogP) is 2.21. The van der Waals surface area contributed by atoms with Crippen molar-refractivity contribution in [3.05, 3.63) is 35.4 Å². The van der Waals surface area contributed by atoms with Gasteiger partial charge >= 0.3 is 5.97 Å². The number of ether oxygens (including phenoxy) is 1. The molecule has 104 valence electrons. The lowest BCUT2D eigenvalue weighted by Gasteiger charge is -2.16. The molecule has 2 unspecified atom stereocenters. The van der Waals surface area contributed by atoms with Crippen molar-refractivity contribution in [1.29, 1.82) is 0 Å². The zero-order valence-electron chi connectivity index (χ0n) is 11.0. The van der Waals surface area contributed by atoms with Gasteiger partial charge in [-0.1, -0.05) is 19.1 Å². The van der Waals surface area contributed by atoms with Crippen molar-refractivity contribution < 1.29 is 18.3 Å². The molecule has 0 bridgehead atoms. The molecule has 1 fully saturated rings. The molecule has 0 spiro atoms. The highest BCUT2D eigenvalue weighted by molar-refractivity contribution is 5.73. The van der Waals surface area contributed by atoms with Crippen LogP contribution in [0.3, 0.4) is 0 Å². The number of halogens is 2. The first-order valence-electron chi connectivity index (χ1n) is 6.26. The maximum atomic E-state index is 13.6. The van der Waals surface area contributed by atoms with E-state index in [1.165, 1.54) is 13.2 Å². The average Bonchev–Trinajstić information content (AvgIpc) is 2.75.